The number of piperidine rings is 1. The fourth-order valence-corrected chi connectivity index (χ4v) is 4.34. The van der Waals surface area contributed by atoms with Gasteiger partial charge in [-0.05, 0) is 31.4 Å². The molecule has 0 spiro atoms. The molecule has 2 atom stereocenters. The molecule has 4 fully saturated rings. The van der Waals surface area contributed by atoms with Crippen LogP contribution in [0, 0.1) is 0 Å². The number of hydrogen-bond acceptors (Lipinski definition) is 6. The summed E-state index contributed by atoms with van der Waals surface area (Å²) in [6.07, 6.45) is 5.35. The van der Waals surface area contributed by atoms with E-state index in [1.54, 1.807) is 13.4 Å². The first-order chi connectivity index (χ1) is 13.7. The third kappa shape index (κ3) is 3.42. The van der Waals surface area contributed by atoms with Crippen LogP contribution in [0.15, 0.2) is 36.7 Å². The molecule has 3 saturated heterocycles. The number of anilines is 2. The SMILES string of the molecule is COc1cccc(NC(=O)CN2C3CC2CN(c2cc(C4CC4)ncn2)C3)c1. The molecule has 4 aliphatic rings. The van der Waals surface area contributed by atoms with Gasteiger partial charge in [0.1, 0.15) is 17.9 Å². The van der Waals surface area contributed by atoms with Gasteiger partial charge in [-0.15, -0.1) is 0 Å². The number of nitrogens with one attached hydrogen (secondary N) is 1. The number of piperazine rings is 1. The Morgan fingerprint density at radius 1 is 1.21 bits per heavy atom. The van der Waals surface area contributed by atoms with Gasteiger partial charge in [-0.1, -0.05) is 6.07 Å². The van der Waals surface area contributed by atoms with Gasteiger partial charge in [0.15, 0.2) is 0 Å². The Labute approximate surface area is 164 Å². The first kappa shape index (κ1) is 17.4. The lowest BCUT2D eigenvalue weighted by atomic mass is 9.87. The van der Waals surface area contributed by atoms with Gasteiger partial charge in [0, 0.05) is 54.6 Å². The van der Waals surface area contributed by atoms with E-state index in [1.807, 2.05) is 24.3 Å². The molecule has 7 heteroatoms. The number of carbonyl (C=O) groups excluding carboxylic acids is 1. The Morgan fingerprint density at radius 3 is 2.79 bits per heavy atom. The van der Waals surface area contributed by atoms with Crippen LogP contribution in [0.25, 0.3) is 0 Å². The number of benzene rings is 1. The number of carbonyl (C=O) groups is 1. The summed E-state index contributed by atoms with van der Waals surface area (Å²) in [5.41, 5.74) is 1.95. The molecule has 6 rings (SSSR count). The Hall–Kier alpha value is -2.67. The number of rotatable bonds is 6. The standard InChI is InChI=1S/C21H25N5O2/c1-28-18-4-2-3-15(7-18)24-21(27)12-26-16-8-17(26)11-25(10-16)20-9-19(14-5-6-14)22-13-23-20/h2-4,7,9,13-14,16-17H,5-6,8,10-12H2,1H3,(H,24,27). The average molecular weight is 379 g/mol. The number of nitrogens with zero attached hydrogens (tertiary/aromatic N) is 4. The highest BCUT2D eigenvalue weighted by Gasteiger charge is 2.45. The van der Waals surface area contributed by atoms with E-state index in [-0.39, 0.29) is 5.91 Å². The summed E-state index contributed by atoms with van der Waals surface area (Å²) in [7, 11) is 1.62. The van der Waals surface area contributed by atoms with Crippen molar-refractivity contribution in [2.45, 2.75) is 37.3 Å². The second-order valence-corrected chi connectivity index (χ2v) is 7.98. The van der Waals surface area contributed by atoms with E-state index in [0.29, 0.717) is 24.5 Å². The fourth-order valence-electron chi connectivity index (χ4n) is 4.34. The highest BCUT2D eigenvalue weighted by Crippen LogP contribution is 2.40. The van der Waals surface area contributed by atoms with Crippen LogP contribution >= 0.6 is 0 Å². The average Bonchev–Trinajstić information content (AvgIpc) is 3.58. The van der Waals surface area contributed by atoms with E-state index in [0.717, 1.165) is 36.8 Å². The molecular weight excluding hydrogens is 354 g/mol. The van der Waals surface area contributed by atoms with Crippen LogP contribution in [0.5, 0.6) is 5.75 Å². The number of amides is 1. The van der Waals surface area contributed by atoms with Crippen molar-refractivity contribution in [2.75, 3.05) is 37.0 Å². The highest BCUT2D eigenvalue weighted by atomic mass is 16.5. The van der Waals surface area contributed by atoms with E-state index in [2.05, 4.69) is 31.2 Å². The molecule has 28 heavy (non-hydrogen) atoms. The van der Waals surface area contributed by atoms with Crippen molar-refractivity contribution in [3.8, 4) is 5.75 Å². The summed E-state index contributed by atoms with van der Waals surface area (Å²) in [6.45, 7) is 2.27. The summed E-state index contributed by atoms with van der Waals surface area (Å²) in [5.74, 6) is 2.43. The number of fused-ring (bicyclic) bond motifs is 2. The van der Waals surface area contributed by atoms with Crippen LogP contribution in [0.3, 0.4) is 0 Å². The zero-order valence-electron chi connectivity index (χ0n) is 16.0. The van der Waals surface area contributed by atoms with Gasteiger partial charge >= 0.3 is 0 Å². The first-order valence-corrected chi connectivity index (χ1v) is 9.96. The van der Waals surface area contributed by atoms with Crippen molar-refractivity contribution in [1.82, 2.24) is 14.9 Å². The van der Waals surface area contributed by atoms with Gasteiger partial charge in [-0.25, -0.2) is 9.97 Å². The molecule has 1 aromatic carbocycles. The summed E-state index contributed by atoms with van der Waals surface area (Å²) in [4.78, 5) is 26.1. The molecule has 0 radical (unpaired) electrons. The van der Waals surface area contributed by atoms with Gasteiger partial charge < -0.3 is 15.0 Å². The second kappa shape index (κ2) is 7.05. The zero-order valence-corrected chi connectivity index (χ0v) is 16.0. The molecule has 1 amide bonds. The smallest absolute Gasteiger partial charge is 0.238 e. The van der Waals surface area contributed by atoms with Crippen molar-refractivity contribution >= 4 is 17.4 Å². The predicted molar refractivity (Wildman–Crippen MR) is 107 cm³/mol. The minimum absolute atomic E-state index is 0.0226. The minimum atomic E-state index is 0.0226. The lowest BCUT2D eigenvalue weighted by Gasteiger charge is -2.56. The molecule has 1 N–H and O–H groups in total. The number of hydrogen-bond donors (Lipinski definition) is 1. The molecule has 4 heterocycles. The van der Waals surface area contributed by atoms with Crippen molar-refractivity contribution in [3.05, 3.63) is 42.4 Å². The summed E-state index contributed by atoms with van der Waals surface area (Å²) in [5, 5.41) is 2.98. The lowest BCUT2D eigenvalue weighted by molar-refractivity contribution is -0.121. The van der Waals surface area contributed by atoms with Crippen molar-refractivity contribution in [1.29, 1.82) is 0 Å². The summed E-state index contributed by atoms with van der Waals surface area (Å²) >= 11 is 0. The molecule has 7 nitrogen and oxygen atoms in total. The summed E-state index contributed by atoms with van der Waals surface area (Å²) < 4.78 is 5.21. The third-order valence-electron chi connectivity index (χ3n) is 6.02. The Balaban J connectivity index is 1.18. The van der Waals surface area contributed by atoms with Crippen molar-refractivity contribution < 1.29 is 9.53 Å². The second-order valence-electron chi connectivity index (χ2n) is 7.98. The molecule has 2 unspecified atom stereocenters. The Kier molecular flexibility index (Phi) is 4.39. The van der Waals surface area contributed by atoms with E-state index < -0.39 is 0 Å². The first-order valence-electron chi connectivity index (χ1n) is 9.96. The van der Waals surface area contributed by atoms with Crippen molar-refractivity contribution in [2.24, 2.45) is 0 Å². The maximum absolute atomic E-state index is 12.5. The van der Waals surface area contributed by atoms with Crippen LogP contribution in [-0.2, 0) is 4.79 Å². The predicted octanol–water partition coefficient (Wildman–Crippen LogP) is 2.26. The van der Waals surface area contributed by atoms with Crippen LogP contribution in [0.4, 0.5) is 11.5 Å². The monoisotopic (exact) mass is 379 g/mol. The molecule has 1 aliphatic carbocycles. The fraction of sp³-hybridized carbons (Fsp3) is 0.476. The van der Waals surface area contributed by atoms with E-state index in [1.165, 1.54) is 18.5 Å². The van der Waals surface area contributed by atoms with Gasteiger partial charge in [0.25, 0.3) is 0 Å². The summed E-state index contributed by atoms with van der Waals surface area (Å²) in [6, 6.07) is 10.4. The maximum atomic E-state index is 12.5. The van der Waals surface area contributed by atoms with E-state index >= 15 is 0 Å². The Bertz CT molecular complexity index is 873. The molecule has 3 aliphatic heterocycles. The van der Waals surface area contributed by atoms with Crippen molar-refractivity contribution in [3.63, 3.8) is 0 Å². The number of methoxy groups -OCH3 is 1. The van der Waals surface area contributed by atoms with Crippen LogP contribution in [0.1, 0.15) is 30.9 Å². The van der Waals surface area contributed by atoms with E-state index in [9.17, 15) is 4.79 Å². The largest absolute Gasteiger partial charge is 0.497 e. The van der Waals surface area contributed by atoms with E-state index in [4.69, 9.17) is 4.74 Å². The third-order valence-corrected chi connectivity index (χ3v) is 6.02. The Morgan fingerprint density at radius 2 is 2.04 bits per heavy atom. The normalized spacial score (nSPS) is 23.8. The number of aromatic nitrogens is 2. The number of ether oxygens (including phenoxy) is 1. The van der Waals surface area contributed by atoms with Crippen LogP contribution < -0.4 is 15.0 Å². The molecular formula is C21H25N5O2. The van der Waals surface area contributed by atoms with Gasteiger partial charge in [0.05, 0.1) is 13.7 Å². The molecule has 146 valence electrons. The molecule has 2 bridgehead atoms. The molecule has 1 saturated carbocycles. The molecule has 1 aromatic heterocycles. The quantitative estimate of drug-likeness (QED) is 0.830. The van der Waals surface area contributed by atoms with Gasteiger partial charge in [-0.3, -0.25) is 9.69 Å². The highest BCUT2D eigenvalue weighted by molar-refractivity contribution is 5.92. The van der Waals surface area contributed by atoms with Gasteiger partial charge in [-0.2, -0.15) is 0 Å². The lowest BCUT2D eigenvalue weighted by Crippen LogP contribution is -2.69. The maximum Gasteiger partial charge on any atom is 0.238 e. The van der Waals surface area contributed by atoms with Crippen LogP contribution in [0.2, 0.25) is 0 Å². The van der Waals surface area contributed by atoms with Crippen LogP contribution in [-0.4, -0.2) is 59.6 Å². The zero-order chi connectivity index (χ0) is 19.1. The van der Waals surface area contributed by atoms with Gasteiger partial charge in [0.2, 0.25) is 5.91 Å². The topological polar surface area (TPSA) is 70.6 Å². The minimum Gasteiger partial charge on any atom is -0.497 e. The molecule has 2 aromatic rings.